The third kappa shape index (κ3) is 1.84. The molecule has 1 atom stereocenters. The molecule has 1 heterocycles. The molecule has 1 aliphatic heterocycles. The average molecular weight is 188 g/mol. The predicted molar refractivity (Wildman–Crippen MR) is 54.6 cm³/mol. The first-order valence-electron chi connectivity index (χ1n) is 4.72. The van der Waals surface area contributed by atoms with Crippen molar-refractivity contribution in [3.63, 3.8) is 0 Å². The van der Waals surface area contributed by atoms with Crippen molar-refractivity contribution in [2.45, 2.75) is 19.4 Å². The summed E-state index contributed by atoms with van der Waals surface area (Å²) < 4.78 is 5.04. The minimum Gasteiger partial charge on any atom is -0.459 e. The molecule has 1 fully saturated rings. The molecule has 0 aliphatic carbocycles. The first-order chi connectivity index (χ1) is 6.75. The fourth-order valence-corrected chi connectivity index (χ4v) is 1.56. The molecule has 0 amide bonds. The van der Waals surface area contributed by atoms with Crippen LogP contribution in [-0.2, 0) is 9.53 Å². The maximum absolute atomic E-state index is 11.3. The Kier molecular flexibility index (Phi) is 2.35. The topological polar surface area (TPSA) is 26.3 Å². The predicted octanol–water partition coefficient (Wildman–Crippen LogP) is 2.41. The van der Waals surface area contributed by atoms with Gasteiger partial charge in [0, 0.05) is 12.0 Å². The van der Waals surface area contributed by atoms with Crippen LogP contribution in [0.2, 0.25) is 0 Å². The molecule has 0 bridgehead atoms. The van der Waals surface area contributed by atoms with Gasteiger partial charge in [0.05, 0.1) is 0 Å². The molecular weight excluding hydrogens is 176 g/mol. The van der Waals surface area contributed by atoms with Gasteiger partial charge in [-0.05, 0) is 18.6 Å². The van der Waals surface area contributed by atoms with Gasteiger partial charge >= 0.3 is 5.97 Å². The molecule has 2 rings (SSSR count). The summed E-state index contributed by atoms with van der Waals surface area (Å²) in [5.74, 6) is -0.179. The van der Waals surface area contributed by atoms with Crippen molar-refractivity contribution in [3.8, 4) is 0 Å². The summed E-state index contributed by atoms with van der Waals surface area (Å²) in [7, 11) is 0. The van der Waals surface area contributed by atoms with Crippen LogP contribution < -0.4 is 0 Å². The average Bonchev–Trinajstić information content (AvgIpc) is 2.47. The van der Waals surface area contributed by atoms with E-state index in [9.17, 15) is 4.79 Å². The molecule has 0 saturated carbocycles. The van der Waals surface area contributed by atoms with E-state index in [-0.39, 0.29) is 12.1 Å². The molecule has 1 aromatic carbocycles. The number of rotatable bonds is 1. The highest BCUT2D eigenvalue weighted by Crippen LogP contribution is 2.22. The summed E-state index contributed by atoms with van der Waals surface area (Å²) in [6.45, 7) is 1.91. The van der Waals surface area contributed by atoms with Crippen LogP contribution in [0.5, 0.6) is 0 Å². The number of hydrogen-bond acceptors (Lipinski definition) is 2. The maximum Gasteiger partial charge on any atom is 0.334 e. The van der Waals surface area contributed by atoms with Crippen molar-refractivity contribution >= 4 is 12.0 Å². The molecule has 0 aromatic heterocycles. The van der Waals surface area contributed by atoms with Gasteiger partial charge in [0.15, 0.2) is 0 Å². The van der Waals surface area contributed by atoms with Crippen LogP contribution in [0.25, 0.3) is 6.08 Å². The number of cyclic esters (lactones) is 1. The van der Waals surface area contributed by atoms with Gasteiger partial charge in [-0.25, -0.2) is 4.79 Å². The van der Waals surface area contributed by atoms with E-state index in [1.54, 1.807) is 0 Å². The Labute approximate surface area is 83.2 Å². The zero-order valence-corrected chi connectivity index (χ0v) is 8.07. The Balaban J connectivity index is 2.23. The number of carbonyl (C=O) groups excluding carboxylic acids is 1. The summed E-state index contributed by atoms with van der Waals surface area (Å²) in [5, 5.41) is 0. The zero-order chi connectivity index (χ0) is 9.97. The van der Waals surface area contributed by atoms with Gasteiger partial charge in [-0.15, -0.1) is 0 Å². The number of hydrogen-bond donors (Lipinski definition) is 0. The molecule has 0 unspecified atom stereocenters. The Morgan fingerprint density at radius 3 is 2.64 bits per heavy atom. The van der Waals surface area contributed by atoms with Gasteiger partial charge in [-0.3, -0.25) is 0 Å². The van der Waals surface area contributed by atoms with Gasteiger partial charge in [0.25, 0.3) is 0 Å². The summed E-state index contributed by atoms with van der Waals surface area (Å²) in [6.07, 6.45) is 2.64. The van der Waals surface area contributed by atoms with Crippen LogP contribution in [0.3, 0.4) is 0 Å². The molecule has 0 N–H and O–H groups in total. The fourth-order valence-electron chi connectivity index (χ4n) is 1.56. The second-order valence-electron chi connectivity index (χ2n) is 3.50. The lowest BCUT2D eigenvalue weighted by molar-refractivity contribution is -0.138. The van der Waals surface area contributed by atoms with Crippen molar-refractivity contribution in [2.75, 3.05) is 0 Å². The highest BCUT2D eigenvalue weighted by molar-refractivity contribution is 5.95. The molecule has 0 radical (unpaired) electrons. The number of ether oxygens (including phenoxy) is 1. The van der Waals surface area contributed by atoms with Crippen molar-refractivity contribution in [3.05, 3.63) is 41.5 Å². The minimum absolute atomic E-state index is 0.0254. The number of benzene rings is 1. The van der Waals surface area contributed by atoms with E-state index in [1.165, 1.54) is 0 Å². The SMILES string of the molecule is C[C@H]1C/C(=C\c2ccccc2)C(=O)O1. The van der Waals surface area contributed by atoms with E-state index >= 15 is 0 Å². The molecule has 1 saturated heterocycles. The van der Waals surface area contributed by atoms with E-state index in [4.69, 9.17) is 4.74 Å². The first-order valence-corrected chi connectivity index (χ1v) is 4.72. The molecule has 14 heavy (non-hydrogen) atoms. The molecule has 2 nitrogen and oxygen atoms in total. The molecule has 1 aliphatic rings. The summed E-state index contributed by atoms with van der Waals surface area (Å²) in [6, 6.07) is 9.82. The van der Waals surface area contributed by atoms with Crippen LogP contribution in [0.1, 0.15) is 18.9 Å². The van der Waals surface area contributed by atoms with E-state index in [0.29, 0.717) is 6.42 Å². The summed E-state index contributed by atoms with van der Waals surface area (Å²) in [5.41, 5.74) is 1.82. The Morgan fingerprint density at radius 1 is 1.36 bits per heavy atom. The van der Waals surface area contributed by atoms with Crippen LogP contribution in [0.15, 0.2) is 35.9 Å². The molecule has 2 heteroatoms. The van der Waals surface area contributed by atoms with Gasteiger partial charge < -0.3 is 4.74 Å². The van der Waals surface area contributed by atoms with Crippen LogP contribution in [0.4, 0.5) is 0 Å². The lowest BCUT2D eigenvalue weighted by Crippen LogP contribution is -1.99. The largest absolute Gasteiger partial charge is 0.459 e. The van der Waals surface area contributed by atoms with Gasteiger partial charge in [-0.2, -0.15) is 0 Å². The van der Waals surface area contributed by atoms with E-state index in [0.717, 1.165) is 11.1 Å². The third-order valence-electron chi connectivity index (χ3n) is 2.22. The second-order valence-corrected chi connectivity index (χ2v) is 3.50. The van der Waals surface area contributed by atoms with Crippen LogP contribution in [0, 0.1) is 0 Å². The lowest BCUT2D eigenvalue weighted by Gasteiger charge is -1.94. The number of carbonyl (C=O) groups is 1. The molecular formula is C12H12O2. The van der Waals surface area contributed by atoms with Crippen LogP contribution >= 0.6 is 0 Å². The number of esters is 1. The lowest BCUT2D eigenvalue weighted by atomic mass is 10.1. The monoisotopic (exact) mass is 188 g/mol. The fraction of sp³-hybridized carbons (Fsp3) is 0.250. The van der Waals surface area contributed by atoms with E-state index in [1.807, 2.05) is 43.3 Å². The van der Waals surface area contributed by atoms with E-state index in [2.05, 4.69) is 0 Å². The molecule has 72 valence electrons. The standard InChI is InChI=1S/C12H12O2/c1-9-7-11(12(13)14-9)8-10-5-3-2-4-6-10/h2-6,8-9H,7H2,1H3/b11-8+/t9-/m0/s1. The highest BCUT2D eigenvalue weighted by atomic mass is 16.5. The smallest absolute Gasteiger partial charge is 0.334 e. The summed E-state index contributed by atoms with van der Waals surface area (Å²) in [4.78, 5) is 11.3. The second kappa shape index (κ2) is 3.66. The van der Waals surface area contributed by atoms with Gasteiger partial charge in [-0.1, -0.05) is 30.3 Å². The Bertz CT molecular complexity index is 365. The van der Waals surface area contributed by atoms with Gasteiger partial charge in [0.1, 0.15) is 6.10 Å². The zero-order valence-electron chi connectivity index (χ0n) is 8.07. The molecule has 0 spiro atoms. The third-order valence-corrected chi connectivity index (χ3v) is 2.22. The highest BCUT2D eigenvalue weighted by Gasteiger charge is 2.24. The minimum atomic E-state index is -0.179. The van der Waals surface area contributed by atoms with Gasteiger partial charge in [0.2, 0.25) is 0 Å². The maximum atomic E-state index is 11.3. The van der Waals surface area contributed by atoms with E-state index < -0.39 is 0 Å². The Hall–Kier alpha value is -1.57. The normalized spacial score (nSPS) is 23.9. The van der Waals surface area contributed by atoms with Crippen molar-refractivity contribution in [1.82, 2.24) is 0 Å². The molecule has 1 aromatic rings. The van der Waals surface area contributed by atoms with Crippen molar-refractivity contribution < 1.29 is 9.53 Å². The van der Waals surface area contributed by atoms with Crippen molar-refractivity contribution in [2.24, 2.45) is 0 Å². The first kappa shape index (κ1) is 9.00. The Morgan fingerprint density at radius 2 is 2.07 bits per heavy atom. The summed E-state index contributed by atoms with van der Waals surface area (Å²) >= 11 is 0. The quantitative estimate of drug-likeness (QED) is 0.499. The van der Waals surface area contributed by atoms with Crippen LogP contribution in [-0.4, -0.2) is 12.1 Å². The van der Waals surface area contributed by atoms with Crippen molar-refractivity contribution in [1.29, 1.82) is 0 Å².